The normalized spacial score (nSPS) is 27.1. The molecule has 1 fully saturated rings. The van der Waals surface area contributed by atoms with Crippen molar-refractivity contribution in [3.05, 3.63) is 29.3 Å². The van der Waals surface area contributed by atoms with Gasteiger partial charge in [0.05, 0.1) is 26.7 Å². The Bertz CT molecular complexity index is 596. The molecule has 1 aromatic heterocycles. The van der Waals surface area contributed by atoms with Gasteiger partial charge in [-0.2, -0.15) is 13.2 Å². The lowest BCUT2D eigenvalue weighted by Gasteiger charge is -2.36. The first-order chi connectivity index (χ1) is 9.86. The second-order valence-electron chi connectivity index (χ2n) is 5.79. The molecule has 2 aromatic rings. The molecule has 0 amide bonds. The number of para-hydroxylation sites is 1. The van der Waals surface area contributed by atoms with E-state index in [2.05, 4.69) is 4.98 Å². The van der Waals surface area contributed by atoms with E-state index in [0.29, 0.717) is 6.42 Å². The second kappa shape index (κ2) is 5.25. The van der Waals surface area contributed by atoms with Crippen molar-refractivity contribution in [3.8, 4) is 0 Å². The zero-order chi connectivity index (χ0) is 15.1. The summed E-state index contributed by atoms with van der Waals surface area (Å²) in [7, 11) is 0. The average molecular weight is 315 g/mol. The SMILES string of the molecule is OC1(Cc2nc3ccccc3s2)CCC(C(F)(F)F)CC1. The summed E-state index contributed by atoms with van der Waals surface area (Å²) in [4.78, 5) is 4.46. The molecule has 0 atom stereocenters. The van der Waals surface area contributed by atoms with E-state index in [4.69, 9.17) is 0 Å². The van der Waals surface area contributed by atoms with Crippen LogP contribution in [0.5, 0.6) is 0 Å². The Morgan fingerprint density at radius 3 is 2.52 bits per heavy atom. The molecule has 6 heteroatoms. The molecular formula is C15H16F3NOS. The Balaban J connectivity index is 1.70. The fourth-order valence-electron chi connectivity index (χ4n) is 2.94. The minimum Gasteiger partial charge on any atom is -0.389 e. The van der Waals surface area contributed by atoms with Crippen LogP contribution in [0.2, 0.25) is 0 Å². The molecule has 0 saturated heterocycles. The topological polar surface area (TPSA) is 33.1 Å². The van der Waals surface area contributed by atoms with E-state index in [-0.39, 0.29) is 25.7 Å². The number of thiazole rings is 1. The van der Waals surface area contributed by atoms with Crippen LogP contribution in [0.15, 0.2) is 24.3 Å². The van der Waals surface area contributed by atoms with Crippen LogP contribution in [0.4, 0.5) is 13.2 Å². The highest BCUT2D eigenvalue weighted by molar-refractivity contribution is 7.18. The maximum atomic E-state index is 12.7. The van der Waals surface area contributed by atoms with Gasteiger partial charge in [-0.3, -0.25) is 0 Å². The van der Waals surface area contributed by atoms with Crippen molar-refractivity contribution in [3.63, 3.8) is 0 Å². The Hall–Kier alpha value is -1.14. The number of fused-ring (bicyclic) bond motifs is 1. The fraction of sp³-hybridized carbons (Fsp3) is 0.533. The van der Waals surface area contributed by atoms with Crippen LogP contribution in [0, 0.1) is 5.92 Å². The monoisotopic (exact) mass is 315 g/mol. The van der Waals surface area contributed by atoms with E-state index in [0.717, 1.165) is 15.2 Å². The number of halogens is 3. The van der Waals surface area contributed by atoms with E-state index in [1.807, 2.05) is 24.3 Å². The van der Waals surface area contributed by atoms with Gasteiger partial charge in [0, 0.05) is 6.42 Å². The van der Waals surface area contributed by atoms with Gasteiger partial charge in [0.1, 0.15) is 0 Å². The molecule has 1 heterocycles. The second-order valence-corrected chi connectivity index (χ2v) is 6.91. The van der Waals surface area contributed by atoms with Crippen LogP contribution in [-0.4, -0.2) is 21.9 Å². The van der Waals surface area contributed by atoms with Gasteiger partial charge in [0.25, 0.3) is 0 Å². The summed E-state index contributed by atoms with van der Waals surface area (Å²) in [6.45, 7) is 0. The number of benzene rings is 1. The highest BCUT2D eigenvalue weighted by atomic mass is 32.1. The predicted molar refractivity (Wildman–Crippen MR) is 76.3 cm³/mol. The Morgan fingerprint density at radius 1 is 1.24 bits per heavy atom. The lowest BCUT2D eigenvalue weighted by molar-refractivity contribution is -0.192. The lowest BCUT2D eigenvalue weighted by Crippen LogP contribution is -2.39. The number of hydrogen-bond donors (Lipinski definition) is 1. The maximum Gasteiger partial charge on any atom is 0.391 e. The zero-order valence-electron chi connectivity index (χ0n) is 11.4. The Kier molecular flexibility index (Phi) is 3.69. The van der Waals surface area contributed by atoms with Crippen molar-refractivity contribution in [2.75, 3.05) is 0 Å². The van der Waals surface area contributed by atoms with Gasteiger partial charge in [-0.1, -0.05) is 12.1 Å². The van der Waals surface area contributed by atoms with Crippen LogP contribution in [0.25, 0.3) is 10.2 Å². The van der Waals surface area contributed by atoms with Crippen molar-refractivity contribution in [1.29, 1.82) is 0 Å². The van der Waals surface area contributed by atoms with E-state index in [1.165, 1.54) is 11.3 Å². The van der Waals surface area contributed by atoms with Crippen LogP contribution >= 0.6 is 11.3 Å². The Morgan fingerprint density at radius 2 is 1.90 bits per heavy atom. The Labute approximate surface area is 124 Å². The molecule has 114 valence electrons. The van der Waals surface area contributed by atoms with Crippen LogP contribution < -0.4 is 0 Å². The molecule has 1 N–H and O–H groups in total. The summed E-state index contributed by atoms with van der Waals surface area (Å²) < 4.78 is 39.0. The number of hydrogen-bond acceptors (Lipinski definition) is 3. The molecule has 0 bridgehead atoms. The third-order valence-electron chi connectivity index (χ3n) is 4.20. The van der Waals surface area contributed by atoms with Crippen LogP contribution in [0.1, 0.15) is 30.7 Å². The van der Waals surface area contributed by atoms with Crippen LogP contribution in [0.3, 0.4) is 0 Å². The van der Waals surface area contributed by atoms with Crippen molar-refractivity contribution >= 4 is 21.6 Å². The number of aliphatic hydroxyl groups is 1. The highest BCUT2D eigenvalue weighted by Gasteiger charge is 2.45. The summed E-state index contributed by atoms with van der Waals surface area (Å²) in [5.74, 6) is -1.27. The molecule has 3 rings (SSSR count). The molecule has 1 aromatic carbocycles. The number of alkyl halides is 3. The van der Waals surface area contributed by atoms with E-state index < -0.39 is 17.7 Å². The smallest absolute Gasteiger partial charge is 0.389 e. The van der Waals surface area contributed by atoms with Gasteiger partial charge in [-0.25, -0.2) is 4.98 Å². The average Bonchev–Trinajstić information content (AvgIpc) is 2.79. The van der Waals surface area contributed by atoms with E-state index in [9.17, 15) is 18.3 Å². The van der Waals surface area contributed by atoms with Gasteiger partial charge in [0.15, 0.2) is 0 Å². The molecule has 2 nitrogen and oxygen atoms in total. The third kappa shape index (κ3) is 3.21. The van der Waals surface area contributed by atoms with Gasteiger partial charge in [-0.05, 0) is 37.8 Å². The minimum atomic E-state index is -4.14. The van der Waals surface area contributed by atoms with Crippen molar-refractivity contribution in [2.45, 2.75) is 43.9 Å². The summed E-state index contributed by atoms with van der Waals surface area (Å²) in [6, 6.07) is 7.68. The number of rotatable bonds is 2. The number of nitrogens with zero attached hydrogens (tertiary/aromatic N) is 1. The van der Waals surface area contributed by atoms with E-state index in [1.54, 1.807) is 0 Å². The largest absolute Gasteiger partial charge is 0.391 e. The lowest BCUT2D eigenvalue weighted by atomic mass is 9.77. The summed E-state index contributed by atoms with van der Waals surface area (Å²) >= 11 is 1.50. The molecule has 0 unspecified atom stereocenters. The highest BCUT2D eigenvalue weighted by Crippen LogP contribution is 2.42. The molecule has 21 heavy (non-hydrogen) atoms. The molecule has 0 spiro atoms. The van der Waals surface area contributed by atoms with Gasteiger partial charge in [0.2, 0.25) is 0 Å². The predicted octanol–water partition coefficient (Wildman–Crippen LogP) is 4.32. The first kappa shape index (κ1) is 14.8. The van der Waals surface area contributed by atoms with Gasteiger partial charge < -0.3 is 5.11 Å². The standard InChI is InChI=1S/C15H16F3NOS/c16-15(17,18)10-5-7-14(20,8-6-10)9-13-19-11-3-1-2-4-12(11)21-13/h1-4,10,20H,5-9H2. The van der Waals surface area contributed by atoms with Gasteiger partial charge >= 0.3 is 6.18 Å². The first-order valence-electron chi connectivity index (χ1n) is 6.99. The van der Waals surface area contributed by atoms with Gasteiger partial charge in [-0.15, -0.1) is 11.3 Å². The summed E-state index contributed by atoms with van der Waals surface area (Å²) in [5.41, 5.74) is -0.166. The van der Waals surface area contributed by atoms with Crippen molar-refractivity contribution in [2.24, 2.45) is 5.92 Å². The van der Waals surface area contributed by atoms with Crippen LogP contribution in [-0.2, 0) is 6.42 Å². The molecule has 0 radical (unpaired) electrons. The van der Waals surface area contributed by atoms with Crippen molar-refractivity contribution in [1.82, 2.24) is 4.98 Å². The third-order valence-corrected chi connectivity index (χ3v) is 5.23. The molecule has 1 aliphatic carbocycles. The molecule has 1 aliphatic rings. The van der Waals surface area contributed by atoms with Crippen molar-refractivity contribution < 1.29 is 18.3 Å². The fourth-order valence-corrected chi connectivity index (χ4v) is 4.04. The molecular weight excluding hydrogens is 299 g/mol. The summed E-state index contributed by atoms with van der Waals surface area (Å²) in [6.07, 6.45) is -3.41. The zero-order valence-corrected chi connectivity index (χ0v) is 12.2. The summed E-state index contributed by atoms with van der Waals surface area (Å²) in [5, 5.41) is 11.3. The minimum absolute atomic E-state index is 0.00486. The maximum absolute atomic E-state index is 12.7. The van der Waals surface area contributed by atoms with E-state index >= 15 is 0 Å². The quantitative estimate of drug-likeness (QED) is 0.895. The molecule has 1 saturated carbocycles. The first-order valence-corrected chi connectivity index (χ1v) is 7.81. The number of aromatic nitrogens is 1. The molecule has 0 aliphatic heterocycles.